The summed E-state index contributed by atoms with van der Waals surface area (Å²) in [7, 11) is 0. The summed E-state index contributed by atoms with van der Waals surface area (Å²) in [4.78, 5) is 24.3. The van der Waals surface area contributed by atoms with E-state index in [1.807, 2.05) is 0 Å². The van der Waals surface area contributed by atoms with Crippen LogP contribution in [0.3, 0.4) is 0 Å². The van der Waals surface area contributed by atoms with E-state index in [1.54, 1.807) is 20.8 Å². The van der Waals surface area contributed by atoms with Crippen LogP contribution in [0.2, 0.25) is 0 Å². The lowest BCUT2D eigenvalue weighted by atomic mass is 10.0. The molecule has 0 saturated heterocycles. The molecule has 0 aliphatic rings. The molecule has 2 aromatic carbocycles. The highest BCUT2D eigenvalue weighted by atomic mass is 19.4. The van der Waals surface area contributed by atoms with Crippen LogP contribution in [-0.4, -0.2) is 16.6 Å². The molecule has 0 aliphatic carbocycles. The van der Waals surface area contributed by atoms with Gasteiger partial charge in [-0.15, -0.1) is 0 Å². The summed E-state index contributed by atoms with van der Waals surface area (Å²) in [5, 5.41) is 11.2. The molecule has 0 aromatic heterocycles. The summed E-state index contributed by atoms with van der Waals surface area (Å²) in [6, 6.07) is 5.02. The Hall–Kier alpha value is -3.17. The molecule has 10 heteroatoms. The van der Waals surface area contributed by atoms with E-state index in [1.165, 1.54) is 26.0 Å². The number of rotatable bonds is 4. The number of aryl methyl sites for hydroxylation is 2. The Kier molecular flexibility index (Phi) is 6.63. The van der Waals surface area contributed by atoms with Gasteiger partial charge in [0.15, 0.2) is 0 Å². The second-order valence-electron chi connectivity index (χ2n) is 8.01. The monoisotopic (exact) mass is 442 g/mol. The van der Waals surface area contributed by atoms with Crippen LogP contribution in [0.1, 0.15) is 43.0 Å². The third-order valence-corrected chi connectivity index (χ3v) is 4.36. The Labute approximate surface area is 176 Å². The Morgan fingerprint density at radius 2 is 1.74 bits per heavy atom. The molecule has 0 radical (unpaired) electrons. The van der Waals surface area contributed by atoms with E-state index in [-0.39, 0.29) is 22.5 Å². The van der Waals surface area contributed by atoms with Crippen LogP contribution in [0.4, 0.5) is 33.7 Å². The van der Waals surface area contributed by atoms with Crippen molar-refractivity contribution in [2.75, 3.05) is 4.90 Å². The van der Waals surface area contributed by atoms with E-state index in [0.29, 0.717) is 0 Å². The minimum Gasteiger partial charge on any atom is -0.443 e. The molecule has 31 heavy (non-hydrogen) atoms. The lowest BCUT2D eigenvalue weighted by molar-refractivity contribution is -0.385. The first kappa shape index (κ1) is 24.1. The van der Waals surface area contributed by atoms with Crippen LogP contribution in [-0.2, 0) is 17.5 Å². The number of alkyl halides is 3. The van der Waals surface area contributed by atoms with Gasteiger partial charge in [-0.1, -0.05) is 6.07 Å². The van der Waals surface area contributed by atoms with Crippen molar-refractivity contribution >= 4 is 17.5 Å². The van der Waals surface area contributed by atoms with E-state index in [2.05, 4.69) is 0 Å². The average Bonchev–Trinajstić information content (AvgIpc) is 2.59. The Balaban J connectivity index is 2.67. The van der Waals surface area contributed by atoms with Crippen molar-refractivity contribution in [2.24, 2.45) is 0 Å². The number of nitro groups is 1. The van der Waals surface area contributed by atoms with Gasteiger partial charge in [-0.25, -0.2) is 9.18 Å². The van der Waals surface area contributed by atoms with Gasteiger partial charge in [-0.2, -0.15) is 13.2 Å². The zero-order chi connectivity index (χ0) is 23.7. The molecule has 6 nitrogen and oxygen atoms in total. The largest absolute Gasteiger partial charge is 0.443 e. The van der Waals surface area contributed by atoms with E-state index in [4.69, 9.17) is 4.74 Å². The Morgan fingerprint density at radius 3 is 2.26 bits per heavy atom. The molecule has 0 saturated carbocycles. The SMILES string of the molecule is Cc1cc([N+](=O)[O-])c(C)cc1N(Cc1c(F)cccc1C(F)(F)F)C(=O)OC(C)(C)C. The second kappa shape index (κ2) is 8.52. The van der Waals surface area contributed by atoms with Crippen molar-refractivity contribution in [2.45, 2.75) is 52.9 Å². The molecule has 0 bridgehead atoms. The predicted octanol–water partition coefficient (Wildman–Crippen LogP) is 6.31. The molecule has 168 valence electrons. The number of amides is 1. The van der Waals surface area contributed by atoms with Crippen LogP contribution in [0, 0.1) is 29.8 Å². The highest BCUT2D eigenvalue weighted by Gasteiger charge is 2.36. The van der Waals surface area contributed by atoms with Crippen molar-refractivity contribution in [3.05, 3.63) is 68.5 Å². The fourth-order valence-corrected chi connectivity index (χ4v) is 2.98. The number of hydrogen-bond donors (Lipinski definition) is 0. The summed E-state index contributed by atoms with van der Waals surface area (Å²) < 4.78 is 60.1. The number of ether oxygens (including phenoxy) is 1. The molecule has 0 atom stereocenters. The number of halogens is 4. The van der Waals surface area contributed by atoms with Crippen LogP contribution < -0.4 is 4.90 Å². The molecule has 0 heterocycles. The molecule has 0 unspecified atom stereocenters. The fourth-order valence-electron chi connectivity index (χ4n) is 2.98. The average molecular weight is 442 g/mol. The number of carbonyl (C=O) groups excluding carboxylic acids is 1. The fraction of sp³-hybridized carbons (Fsp3) is 0.381. The van der Waals surface area contributed by atoms with Crippen LogP contribution >= 0.6 is 0 Å². The molecule has 2 rings (SSSR count). The quantitative estimate of drug-likeness (QED) is 0.316. The van der Waals surface area contributed by atoms with Crippen molar-refractivity contribution in [3.63, 3.8) is 0 Å². The lowest BCUT2D eigenvalue weighted by Gasteiger charge is -2.29. The number of anilines is 1. The highest BCUT2D eigenvalue weighted by Crippen LogP contribution is 2.36. The van der Waals surface area contributed by atoms with Gasteiger partial charge in [-0.3, -0.25) is 15.0 Å². The van der Waals surface area contributed by atoms with E-state index in [0.717, 1.165) is 23.1 Å². The minimum absolute atomic E-state index is 0.0775. The maximum atomic E-state index is 14.4. The molecule has 0 fully saturated rings. The maximum Gasteiger partial charge on any atom is 0.416 e. The third-order valence-electron chi connectivity index (χ3n) is 4.36. The van der Waals surface area contributed by atoms with Gasteiger partial charge in [0, 0.05) is 17.2 Å². The number of nitro benzene ring substituents is 1. The summed E-state index contributed by atoms with van der Waals surface area (Å²) in [5.74, 6) is -1.14. The normalized spacial score (nSPS) is 11.9. The smallest absolute Gasteiger partial charge is 0.416 e. The van der Waals surface area contributed by atoms with Gasteiger partial charge in [-0.05, 0) is 58.4 Å². The van der Waals surface area contributed by atoms with E-state index >= 15 is 0 Å². The van der Waals surface area contributed by atoms with Crippen molar-refractivity contribution < 1.29 is 32.0 Å². The second-order valence-corrected chi connectivity index (χ2v) is 8.01. The zero-order valence-electron chi connectivity index (χ0n) is 17.6. The summed E-state index contributed by atoms with van der Waals surface area (Å²) in [5.41, 5.74) is -2.66. The van der Waals surface area contributed by atoms with Gasteiger partial charge in [0.1, 0.15) is 11.4 Å². The van der Waals surface area contributed by atoms with Gasteiger partial charge < -0.3 is 4.74 Å². The summed E-state index contributed by atoms with van der Waals surface area (Å²) in [6.07, 6.45) is -5.86. The number of nitrogens with zero attached hydrogens (tertiary/aromatic N) is 2. The van der Waals surface area contributed by atoms with Crippen molar-refractivity contribution in [3.8, 4) is 0 Å². The number of carbonyl (C=O) groups is 1. The maximum absolute atomic E-state index is 14.4. The van der Waals surface area contributed by atoms with Crippen LogP contribution in [0.5, 0.6) is 0 Å². The molecule has 0 aliphatic heterocycles. The van der Waals surface area contributed by atoms with E-state index in [9.17, 15) is 32.5 Å². The number of benzene rings is 2. The molecular formula is C21H22F4N2O4. The number of hydrogen-bond acceptors (Lipinski definition) is 4. The standard InChI is InChI=1S/C21H22F4N2O4/c1-12-10-18(27(29)30)13(2)9-17(12)26(19(28)31-20(3,4)5)11-14-15(21(23,24)25)7-6-8-16(14)22/h6-10H,11H2,1-5H3. The minimum atomic E-state index is -4.85. The van der Waals surface area contributed by atoms with Gasteiger partial charge in [0.25, 0.3) is 5.69 Å². The van der Waals surface area contributed by atoms with Gasteiger partial charge in [0.2, 0.25) is 0 Å². The molecule has 0 spiro atoms. The van der Waals surface area contributed by atoms with Crippen molar-refractivity contribution in [1.29, 1.82) is 0 Å². The Bertz CT molecular complexity index is 1010. The zero-order valence-corrected chi connectivity index (χ0v) is 17.6. The first-order chi connectivity index (χ1) is 14.1. The third kappa shape index (κ3) is 5.71. The Morgan fingerprint density at radius 1 is 1.13 bits per heavy atom. The van der Waals surface area contributed by atoms with Crippen molar-refractivity contribution in [1.82, 2.24) is 0 Å². The van der Waals surface area contributed by atoms with Gasteiger partial charge in [0.05, 0.1) is 22.7 Å². The summed E-state index contributed by atoms with van der Waals surface area (Å²) in [6.45, 7) is 6.82. The van der Waals surface area contributed by atoms with Crippen LogP contribution in [0.15, 0.2) is 30.3 Å². The topological polar surface area (TPSA) is 72.7 Å². The van der Waals surface area contributed by atoms with Crippen LogP contribution in [0.25, 0.3) is 0 Å². The van der Waals surface area contributed by atoms with Gasteiger partial charge >= 0.3 is 12.3 Å². The van der Waals surface area contributed by atoms with E-state index < -0.39 is 46.3 Å². The highest BCUT2D eigenvalue weighted by molar-refractivity contribution is 5.89. The molecular weight excluding hydrogens is 420 g/mol. The molecule has 2 aromatic rings. The molecule has 0 N–H and O–H groups in total. The first-order valence-electron chi connectivity index (χ1n) is 9.22. The predicted molar refractivity (Wildman–Crippen MR) is 106 cm³/mol. The lowest BCUT2D eigenvalue weighted by Crippen LogP contribution is -2.37. The first-order valence-corrected chi connectivity index (χ1v) is 9.22. The molecule has 1 amide bonds. The summed E-state index contributed by atoms with van der Waals surface area (Å²) >= 11 is 0.